The highest BCUT2D eigenvalue weighted by Gasteiger charge is 2.09. The first-order valence-electron chi connectivity index (χ1n) is 8.57. The standard InChI is InChI=1S/C19H21ClN4.C2H6/c1-4-7-12(2)10-11-16-18(14-8-5-6-9-15(14)20)24-17(13(3)21)19(22)23-16;1-2/h4-6,8-11H,1,7,21H2,2-3H3,(H2,22,23);1-2H3/b12-10-,16-11-,17-13+;. The van der Waals surface area contributed by atoms with Gasteiger partial charge in [0, 0.05) is 11.3 Å². The van der Waals surface area contributed by atoms with Crippen LogP contribution >= 0.6 is 11.6 Å². The highest BCUT2D eigenvalue weighted by atomic mass is 35.5. The van der Waals surface area contributed by atoms with Crippen LogP contribution in [0.2, 0.25) is 5.02 Å². The van der Waals surface area contributed by atoms with Crippen molar-refractivity contribution in [3.05, 3.63) is 64.3 Å². The monoisotopic (exact) mass is 370 g/mol. The summed E-state index contributed by atoms with van der Waals surface area (Å²) in [6.45, 7) is 11.5. The van der Waals surface area contributed by atoms with E-state index in [4.69, 9.17) is 23.1 Å². The molecule has 0 saturated carbocycles. The second-order valence-corrected chi connectivity index (χ2v) is 5.93. The highest BCUT2D eigenvalue weighted by molar-refractivity contribution is 6.33. The molecule has 0 aliphatic heterocycles. The van der Waals surface area contributed by atoms with Gasteiger partial charge >= 0.3 is 0 Å². The summed E-state index contributed by atoms with van der Waals surface area (Å²) in [5.41, 5.74) is 15.0. The van der Waals surface area contributed by atoms with Gasteiger partial charge in [0.05, 0.1) is 16.1 Å². The van der Waals surface area contributed by atoms with E-state index in [1.807, 2.05) is 63.3 Å². The van der Waals surface area contributed by atoms with Crippen LogP contribution in [0.15, 0.2) is 48.6 Å². The number of hydrogen-bond acceptors (Lipinski definition) is 4. The Kier molecular flexibility index (Phi) is 8.59. The van der Waals surface area contributed by atoms with Gasteiger partial charge in [0.15, 0.2) is 5.82 Å². The van der Waals surface area contributed by atoms with Crippen molar-refractivity contribution < 1.29 is 0 Å². The molecule has 0 saturated heterocycles. The predicted molar refractivity (Wildman–Crippen MR) is 114 cm³/mol. The van der Waals surface area contributed by atoms with Gasteiger partial charge in [-0.05, 0) is 32.4 Å². The first-order chi connectivity index (χ1) is 12.4. The van der Waals surface area contributed by atoms with Crippen molar-refractivity contribution in [2.45, 2.75) is 34.1 Å². The lowest BCUT2D eigenvalue weighted by Crippen LogP contribution is -2.28. The summed E-state index contributed by atoms with van der Waals surface area (Å²) in [6, 6.07) is 7.49. The van der Waals surface area contributed by atoms with E-state index in [-0.39, 0.29) is 0 Å². The summed E-state index contributed by atoms with van der Waals surface area (Å²) < 4.78 is 0. The number of rotatable bonds is 4. The number of nitrogens with two attached hydrogens (primary N) is 2. The van der Waals surface area contributed by atoms with Crippen LogP contribution in [0.4, 0.5) is 5.82 Å². The number of allylic oxidation sites excluding steroid dienone is 3. The zero-order valence-electron chi connectivity index (χ0n) is 15.9. The molecule has 1 aromatic carbocycles. The Morgan fingerprint density at radius 3 is 2.42 bits per heavy atom. The van der Waals surface area contributed by atoms with Gasteiger partial charge in [0.25, 0.3) is 0 Å². The van der Waals surface area contributed by atoms with Crippen molar-refractivity contribution in [3.8, 4) is 11.3 Å². The Balaban J connectivity index is 0.00000163. The lowest BCUT2D eigenvalue weighted by atomic mass is 10.1. The van der Waals surface area contributed by atoms with Crippen LogP contribution in [-0.2, 0) is 0 Å². The zero-order valence-corrected chi connectivity index (χ0v) is 16.6. The van der Waals surface area contributed by atoms with Crippen LogP contribution in [-0.4, -0.2) is 9.97 Å². The van der Waals surface area contributed by atoms with Crippen LogP contribution in [0, 0.1) is 0 Å². The molecule has 0 radical (unpaired) electrons. The quantitative estimate of drug-likeness (QED) is 0.802. The van der Waals surface area contributed by atoms with Gasteiger partial charge in [-0.15, -0.1) is 6.58 Å². The molecule has 4 N–H and O–H groups in total. The maximum atomic E-state index is 6.34. The predicted octanol–water partition coefficient (Wildman–Crippen LogP) is 3.80. The molecule has 5 heteroatoms. The van der Waals surface area contributed by atoms with Crippen molar-refractivity contribution in [1.29, 1.82) is 0 Å². The normalized spacial score (nSPS) is 13.0. The molecule has 4 nitrogen and oxygen atoms in total. The number of benzene rings is 1. The van der Waals surface area contributed by atoms with E-state index >= 15 is 0 Å². The van der Waals surface area contributed by atoms with Crippen LogP contribution in [0.25, 0.3) is 23.0 Å². The van der Waals surface area contributed by atoms with Gasteiger partial charge in [-0.1, -0.05) is 61.4 Å². The fraction of sp³-hybridized carbons (Fsp3) is 0.238. The molecular weight excluding hydrogens is 344 g/mol. The number of nitrogens with zero attached hydrogens (tertiary/aromatic N) is 2. The minimum Gasteiger partial charge on any atom is -0.400 e. The maximum Gasteiger partial charge on any atom is 0.151 e. The average molecular weight is 371 g/mol. The van der Waals surface area contributed by atoms with Gasteiger partial charge in [0.1, 0.15) is 5.35 Å². The average Bonchev–Trinajstić information content (AvgIpc) is 2.62. The molecule has 0 amide bonds. The number of anilines is 1. The van der Waals surface area contributed by atoms with Crippen LogP contribution in [0.5, 0.6) is 0 Å². The molecule has 1 aromatic heterocycles. The zero-order chi connectivity index (χ0) is 19.7. The first-order valence-corrected chi connectivity index (χ1v) is 8.95. The molecular formula is C21H27ClN4. The van der Waals surface area contributed by atoms with Gasteiger partial charge < -0.3 is 11.5 Å². The summed E-state index contributed by atoms with van der Waals surface area (Å²) in [7, 11) is 0. The van der Waals surface area contributed by atoms with E-state index in [1.165, 1.54) is 0 Å². The third-order valence-electron chi connectivity index (χ3n) is 3.44. The van der Waals surface area contributed by atoms with Crippen molar-refractivity contribution in [2.24, 2.45) is 5.73 Å². The summed E-state index contributed by atoms with van der Waals surface area (Å²) >= 11 is 6.34. The third-order valence-corrected chi connectivity index (χ3v) is 3.77. The van der Waals surface area contributed by atoms with Gasteiger partial charge in [-0.3, -0.25) is 0 Å². The number of nitrogen functional groups attached to an aromatic ring is 1. The molecule has 2 aromatic rings. The van der Waals surface area contributed by atoms with Crippen molar-refractivity contribution in [3.63, 3.8) is 0 Å². The molecule has 0 aliphatic carbocycles. The topological polar surface area (TPSA) is 77.8 Å². The second kappa shape index (κ2) is 10.4. The molecule has 1 heterocycles. The molecule has 138 valence electrons. The minimum absolute atomic E-state index is 0.298. The van der Waals surface area contributed by atoms with E-state index in [0.29, 0.717) is 32.9 Å². The Bertz CT molecular complexity index is 910. The lowest BCUT2D eigenvalue weighted by Gasteiger charge is -2.06. The van der Waals surface area contributed by atoms with E-state index in [9.17, 15) is 0 Å². The van der Waals surface area contributed by atoms with E-state index in [2.05, 4.69) is 16.5 Å². The summed E-state index contributed by atoms with van der Waals surface area (Å²) in [5.74, 6) is 0.298. The number of hydrogen-bond donors (Lipinski definition) is 2. The SMILES string of the molecule is C=CC/C(C)=C\C=c1/nc(N)/c(=C(/C)N)nc1-c1ccccc1Cl.CC. The molecule has 0 aliphatic rings. The van der Waals surface area contributed by atoms with E-state index in [0.717, 1.165) is 17.6 Å². The van der Waals surface area contributed by atoms with Gasteiger partial charge in [-0.25, -0.2) is 9.97 Å². The van der Waals surface area contributed by atoms with E-state index < -0.39 is 0 Å². The fourth-order valence-electron chi connectivity index (χ4n) is 2.24. The Hall–Kier alpha value is -2.59. The van der Waals surface area contributed by atoms with Gasteiger partial charge in [0.2, 0.25) is 0 Å². The Morgan fingerprint density at radius 1 is 1.19 bits per heavy atom. The Morgan fingerprint density at radius 2 is 1.85 bits per heavy atom. The molecule has 0 atom stereocenters. The van der Waals surface area contributed by atoms with E-state index in [1.54, 1.807) is 6.92 Å². The fourth-order valence-corrected chi connectivity index (χ4v) is 2.46. The summed E-state index contributed by atoms with van der Waals surface area (Å²) in [5, 5.41) is 1.72. The number of aromatic nitrogens is 2. The van der Waals surface area contributed by atoms with Crippen LogP contribution < -0.4 is 22.2 Å². The van der Waals surface area contributed by atoms with Crippen molar-refractivity contribution in [2.75, 3.05) is 5.73 Å². The molecule has 26 heavy (non-hydrogen) atoms. The minimum atomic E-state index is 0.298. The first kappa shape index (κ1) is 21.5. The maximum absolute atomic E-state index is 6.34. The van der Waals surface area contributed by atoms with Crippen molar-refractivity contribution in [1.82, 2.24) is 9.97 Å². The molecule has 0 unspecified atom stereocenters. The smallest absolute Gasteiger partial charge is 0.151 e. The van der Waals surface area contributed by atoms with Crippen LogP contribution in [0.1, 0.15) is 34.1 Å². The largest absolute Gasteiger partial charge is 0.400 e. The lowest BCUT2D eigenvalue weighted by molar-refractivity contribution is 1.11. The molecule has 0 fully saturated rings. The molecule has 0 bridgehead atoms. The summed E-state index contributed by atoms with van der Waals surface area (Å²) in [6.07, 6.45) is 6.51. The van der Waals surface area contributed by atoms with Crippen LogP contribution in [0.3, 0.4) is 0 Å². The third kappa shape index (κ3) is 5.46. The number of halogens is 1. The molecule has 0 spiro atoms. The highest BCUT2D eigenvalue weighted by Crippen LogP contribution is 2.23. The Labute approximate surface area is 160 Å². The van der Waals surface area contributed by atoms with Gasteiger partial charge in [-0.2, -0.15) is 0 Å². The molecule has 2 rings (SSSR count). The second-order valence-electron chi connectivity index (χ2n) is 5.53. The summed E-state index contributed by atoms with van der Waals surface area (Å²) in [4.78, 5) is 9.09. The van der Waals surface area contributed by atoms with Crippen molar-refractivity contribution >= 4 is 29.2 Å².